The number of aryl methyl sites for hydroxylation is 1. The standard InChI is InChI=1S/C14H13FN4S/c1-8-7-9(15)3-4-11(8)17-12-10-5-6-20-13(10)19-14(16-2)18-12/h3-7H,1-2H3,(H2,16,17,18,19). The quantitative estimate of drug-likeness (QED) is 0.767. The lowest BCUT2D eigenvalue weighted by molar-refractivity contribution is 0.627. The van der Waals surface area contributed by atoms with Crippen LogP contribution in [0.3, 0.4) is 0 Å². The van der Waals surface area contributed by atoms with Crippen molar-refractivity contribution in [3.63, 3.8) is 0 Å². The second kappa shape index (κ2) is 5.05. The first-order valence-corrected chi connectivity index (χ1v) is 7.01. The molecule has 0 amide bonds. The van der Waals surface area contributed by atoms with Crippen LogP contribution in [0, 0.1) is 12.7 Å². The summed E-state index contributed by atoms with van der Waals surface area (Å²) in [6.07, 6.45) is 0. The van der Waals surface area contributed by atoms with E-state index in [-0.39, 0.29) is 5.82 Å². The Morgan fingerprint density at radius 1 is 1.20 bits per heavy atom. The van der Waals surface area contributed by atoms with Crippen molar-refractivity contribution in [3.8, 4) is 0 Å². The van der Waals surface area contributed by atoms with Crippen molar-refractivity contribution in [1.29, 1.82) is 0 Å². The van der Waals surface area contributed by atoms with Crippen molar-refractivity contribution >= 4 is 39.0 Å². The second-order valence-electron chi connectivity index (χ2n) is 4.37. The van der Waals surface area contributed by atoms with Crippen molar-refractivity contribution in [1.82, 2.24) is 9.97 Å². The van der Waals surface area contributed by atoms with Gasteiger partial charge in [-0.2, -0.15) is 4.98 Å². The first kappa shape index (κ1) is 12.8. The minimum absolute atomic E-state index is 0.243. The number of aromatic nitrogens is 2. The maximum absolute atomic E-state index is 13.1. The molecule has 0 radical (unpaired) electrons. The zero-order valence-electron chi connectivity index (χ0n) is 11.1. The highest BCUT2D eigenvalue weighted by Gasteiger charge is 2.09. The molecule has 3 rings (SSSR count). The van der Waals surface area contributed by atoms with E-state index in [0.29, 0.717) is 5.95 Å². The molecular formula is C14H13FN4S. The number of nitrogens with one attached hydrogen (secondary N) is 2. The lowest BCUT2D eigenvalue weighted by Gasteiger charge is -2.11. The van der Waals surface area contributed by atoms with E-state index < -0.39 is 0 Å². The number of anilines is 3. The molecule has 0 bridgehead atoms. The van der Waals surface area contributed by atoms with Crippen LogP contribution in [0.5, 0.6) is 0 Å². The first-order chi connectivity index (χ1) is 9.67. The Morgan fingerprint density at radius 3 is 2.80 bits per heavy atom. The number of halogens is 1. The van der Waals surface area contributed by atoms with Crippen LogP contribution >= 0.6 is 11.3 Å². The van der Waals surface area contributed by atoms with Gasteiger partial charge in [-0.3, -0.25) is 0 Å². The molecule has 3 aromatic rings. The largest absolute Gasteiger partial charge is 0.357 e. The summed E-state index contributed by atoms with van der Waals surface area (Å²) in [6.45, 7) is 1.86. The van der Waals surface area contributed by atoms with E-state index in [1.54, 1.807) is 24.5 Å². The molecule has 2 aromatic heterocycles. The molecule has 2 heterocycles. The summed E-state index contributed by atoms with van der Waals surface area (Å²) in [7, 11) is 1.78. The third-order valence-electron chi connectivity index (χ3n) is 2.99. The highest BCUT2D eigenvalue weighted by atomic mass is 32.1. The highest BCUT2D eigenvalue weighted by Crippen LogP contribution is 2.29. The molecule has 1 aromatic carbocycles. The minimum Gasteiger partial charge on any atom is -0.357 e. The van der Waals surface area contributed by atoms with Gasteiger partial charge >= 0.3 is 0 Å². The number of nitrogens with zero attached hydrogens (tertiary/aromatic N) is 2. The summed E-state index contributed by atoms with van der Waals surface area (Å²) in [5, 5.41) is 9.13. The number of rotatable bonds is 3. The molecule has 4 nitrogen and oxygen atoms in total. The van der Waals surface area contributed by atoms with Crippen LogP contribution in [-0.4, -0.2) is 17.0 Å². The summed E-state index contributed by atoms with van der Waals surface area (Å²) in [5.74, 6) is 1.03. The lowest BCUT2D eigenvalue weighted by Crippen LogP contribution is -2.01. The molecule has 0 unspecified atom stereocenters. The first-order valence-electron chi connectivity index (χ1n) is 6.13. The normalized spacial score (nSPS) is 10.8. The summed E-state index contributed by atoms with van der Waals surface area (Å²) in [4.78, 5) is 9.73. The molecule has 0 fully saturated rings. The monoisotopic (exact) mass is 288 g/mol. The van der Waals surface area contributed by atoms with Crippen LogP contribution in [0.15, 0.2) is 29.6 Å². The van der Waals surface area contributed by atoms with Crippen LogP contribution in [0.1, 0.15) is 5.56 Å². The third kappa shape index (κ3) is 2.30. The van der Waals surface area contributed by atoms with E-state index in [1.165, 1.54) is 12.1 Å². The SMILES string of the molecule is CNc1nc(Nc2ccc(F)cc2C)c2ccsc2n1. The number of fused-ring (bicyclic) bond motifs is 1. The predicted molar refractivity (Wildman–Crippen MR) is 81.4 cm³/mol. The van der Waals surface area contributed by atoms with Crippen molar-refractivity contribution < 1.29 is 4.39 Å². The van der Waals surface area contributed by atoms with Gasteiger partial charge in [-0.1, -0.05) is 0 Å². The molecule has 6 heteroatoms. The molecule has 0 atom stereocenters. The molecule has 102 valence electrons. The number of hydrogen-bond donors (Lipinski definition) is 2. The summed E-state index contributed by atoms with van der Waals surface area (Å²) >= 11 is 1.56. The van der Waals surface area contributed by atoms with Crippen LogP contribution in [0.25, 0.3) is 10.2 Å². The maximum atomic E-state index is 13.1. The number of thiophene rings is 1. The molecule has 0 saturated carbocycles. The Hall–Kier alpha value is -2.21. The summed E-state index contributed by atoms with van der Waals surface area (Å²) in [6, 6.07) is 6.61. The van der Waals surface area contributed by atoms with Crippen molar-refractivity contribution in [3.05, 3.63) is 41.0 Å². The van der Waals surface area contributed by atoms with E-state index in [4.69, 9.17) is 0 Å². The second-order valence-corrected chi connectivity index (χ2v) is 5.26. The van der Waals surface area contributed by atoms with Crippen LogP contribution in [0.2, 0.25) is 0 Å². The molecule has 20 heavy (non-hydrogen) atoms. The fourth-order valence-electron chi connectivity index (χ4n) is 1.96. The molecule has 0 aliphatic carbocycles. The van der Waals surface area contributed by atoms with E-state index in [1.807, 2.05) is 18.4 Å². The average Bonchev–Trinajstić information content (AvgIpc) is 2.90. The van der Waals surface area contributed by atoms with Gasteiger partial charge in [0.15, 0.2) is 0 Å². The average molecular weight is 288 g/mol. The van der Waals surface area contributed by atoms with E-state index >= 15 is 0 Å². The van der Waals surface area contributed by atoms with Crippen molar-refractivity contribution in [2.24, 2.45) is 0 Å². The van der Waals surface area contributed by atoms with E-state index in [9.17, 15) is 4.39 Å². The Balaban J connectivity index is 2.07. The van der Waals surface area contributed by atoms with Crippen LogP contribution < -0.4 is 10.6 Å². The van der Waals surface area contributed by atoms with Gasteiger partial charge in [0.25, 0.3) is 0 Å². The van der Waals surface area contributed by atoms with Crippen LogP contribution in [0.4, 0.5) is 21.8 Å². The van der Waals surface area contributed by atoms with Gasteiger partial charge < -0.3 is 10.6 Å². The van der Waals surface area contributed by atoms with Gasteiger partial charge in [0.2, 0.25) is 5.95 Å². The fraction of sp³-hybridized carbons (Fsp3) is 0.143. The van der Waals surface area contributed by atoms with Gasteiger partial charge in [0.05, 0.1) is 5.39 Å². The molecule has 0 aliphatic rings. The smallest absolute Gasteiger partial charge is 0.225 e. The zero-order valence-corrected chi connectivity index (χ0v) is 11.9. The Morgan fingerprint density at radius 2 is 2.05 bits per heavy atom. The number of hydrogen-bond acceptors (Lipinski definition) is 5. The van der Waals surface area contributed by atoms with Crippen molar-refractivity contribution in [2.75, 3.05) is 17.7 Å². The molecular weight excluding hydrogens is 275 g/mol. The Labute approximate surface area is 119 Å². The number of benzene rings is 1. The predicted octanol–water partition coefficient (Wildman–Crippen LogP) is 3.92. The van der Waals surface area contributed by atoms with Gasteiger partial charge in [0, 0.05) is 12.7 Å². The summed E-state index contributed by atoms with van der Waals surface area (Å²) < 4.78 is 13.1. The van der Waals surface area contributed by atoms with Crippen LogP contribution in [-0.2, 0) is 0 Å². The molecule has 0 saturated heterocycles. The maximum Gasteiger partial charge on any atom is 0.225 e. The van der Waals surface area contributed by atoms with Gasteiger partial charge in [-0.05, 0) is 42.1 Å². The zero-order chi connectivity index (χ0) is 14.1. The molecule has 2 N–H and O–H groups in total. The molecule has 0 aliphatic heterocycles. The van der Waals surface area contributed by atoms with E-state index in [0.717, 1.165) is 27.3 Å². The van der Waals surface area contributed by atoms with Gasteiger partial charge in [-0.15, -0.1) is 11.3 Å². The minimum atomic E-state index is -0.243. The Bertz CT molecular complexity index is 769. The summed E-state index contributed by atoms with van der Waals surface area (Å²) in [5.41, 5.74) is 1.66. The van der Waals surface area contributed by atoms with Gasteiger partial charge in [-0.25, -0.2) is 9.37 Å². The lowest BCUT2D eigenvalue weighted by atomic mass is 10.2. The molecule has 0 spiro atoms. The third-order valence-corrected chi connectivity index (χ3v) is 3.80. The van der Waals surface area contributed by atoms with Crippen molar-refractivity contribution in [2.45, 2.75) is 6.92 Å². The Kier molecular flexibility index (Phi) is 3.23. The fourth-order valence-corrected chi connectivity index (χ4v) is 2.72. The van der Waals surface area contributed by atoms with E-state index in [2.05, 4.69) is 20.6 Å². The van der Waals surface area contributed by atoms with Gasteiger partial charge in [0.1, 0.15) is 16.5 Å². The highest BCUT2D eigenvalue weighted by molar-refractivity contribution is 7.16. The topological polar surface area (TPSA) is 49.8 Å².